The molecular weight excluding hydrogens is 186 g/mol. The van der Waals surface area contributed by atoms with Crippen molar-refractivity contribution in [3.63, 3.8) is 0 Å². The van der Waals surface area contributed by atoms with Gasteiger partial charge in [0.05, 0.1) is 19.8 Å². The molecule has 0 atom stereocenters. The second-order valence-corrected chi connectivity index (χ2v) is 2.98. The average Bonchev–Trinajstić information content (AvgIpc) is 2.18. The van der Waals surface area contributed by atoms with Crippen LogP contribution in [0.15, 0.2) is 0 Å². The van der Waals surface area contributed by atoms with Gasteiger partial charge in [0.2, 0.25) is 0 Å². The Morgan fingerprint density at radius 2 is 1.43 bits per heavy atom. The third-order valence-corrected chi connectivity index (χ3v) is 1.83. The lowest BCUT2D eigenvalue weighted by molar-refractivity contribution is 0.0789. The van der Waals surface area contributed by atoms with Crippen molar-refractivity contribution in [1.29, 1.82) is 0 Å². The summed E-state index contributed by atoms with van der Waals surface area (Å²) in [6, 6.07) is 0. The van der Waals surface area contributed by atoms with Gasteiger partial charge in [-0.05, 0) is 6.42 Å². The summed E-state index contributed by atoms with van der Waals surface area (Å²) in [6.07, 6.45) is 0.653. The number of hydrogen-bond acceptors (Lipinski definition) is 5. The summed E-state index contributed by atoms with van der Waals surface area (Å²) in [4.78, 5) is 1.93. The minimum Gasteiger partial charge on any atom is -0.396 e. The number of ether oxygens (including phenoxy) is 1. The first kappa shape index (κ1) is 13.8. The summed E-state index contributed by atoms with van der Waals surface area (Å²) in [5, 5.41) is 25.9. The highest BCUT2D eigenvalue weighted by Crippen LogP contribution is 1.88. The standard InChI is InChI=1S/C9H21NO4/c11-5-1-8-14-9-4-10(2-6-12)3-7-13/h11-13H,1-9H2. The van der Waals surface area contributed by atoms with Crippen molar-refractivity contribution in [2.75, 3.05) is 52.7 Å². The first-order chi connectivity index (χ1) is 6.85. The van der Waals surface area contributed by atoms with Gasteiger partial charge in [0, 0.05) is 32.8 Å². The fraction of sp³-hybridized carbons (Fsp3) is 1.00. The van der Waals surface area contributed by atoms with Gasteiger partial charge in [-0.15, -0.1) is 0 Å². The maximum absolute atomic E-state index is 8.71. The quantitative estimate of drug-likeness (QED) is 0.387. The molecule has 0 fully saturated rings. The number of nitrogens with zero attached hydrogens (tertiary/aromatic N) is 1. The van der Waals surface area contributed by atoms with Gasteiger partial charge >= 0.3 is 0 Å². The molecule has 0 aromatic carbocycles. The molecule has 0 saturated carbocycles. The lowest BCUT2D eigenvalue weighted by atomic mass is 10.4. The molecule has 0 spiro atoms. The maximum Gasteiger partial charge on any atom is 0.0593 e. The highest BCUT2D eigenvalue weighted by molar-refractivity contribution is 4.55. The van der Waals surface area contributed by atoms with Crippen molar-refractivity contribution in [3.05, 3.63) is 0 Å². The van der Waals surface area contributed by atoms with Crippen LogP contribution in [-0.4, -0.2) is 72.9 Å². The molecule has 0 radical (unpaired) electrons. The van der Waals surface area contributed by atoms with Crippen molar-refractivity contribution < 1.29 is 20.1 Å². The highest BCUT2D eigenvalue weighted by atomic mass is 16.5. The van der Waals surface area contributed by atoms with Crippen LogP contribution in [0, 0.1) is 0 Å². The lowest BCUT2D eigenvalue weighted by Crippen LogP contribution is -2.33. The number of aliphatic hydroxyl groups excluding tert-OH is 3. The molecule has 5 heteroatoms. The second kappa shape index (κ2) is 10.9. The molecule has 0 amide bonds. The van der Waals surface area contributed by atoms with E-state index in [1.54, 1.807) is 0 Å². The Kier molecular flexibility index (Phi) is 10.7. The number of hydrogen-bond donors (Lipinski definition) is 3. The Labute approximate surface area is 84.9 Å². The van der Waals surface area contributed by atoms with Gasteiger partial charge in [0.1, 0.15) is 0 Å². The smallest absolute Gasteiger partial charge is 0.0593 e. The zero-order chi connectivity index (χ0) is 10.6. The molecule has 0 aliphatic heterocycles. The van der Waals surface area contributed by atoms with Crippen molar-refractivity contribution in [2.24, 2.45) is 0 Å². The van der Waals surface area contributed by atoms with E-state index in [9.17, 15) is 0 Å². The van der Waals surface area contributed by atoms with E-state index in [2.05, 4.69) is 0 Å². The Morgan fingerprint density at radius 1 is 0.786 bits per heavy atom. The largest absolute Gasteiger partial charge is 0.396 e. The van der Waals surface area contributed by atoms with Gasteiger partial charge in [0.15, 0.2) is 0 Å². The van der Waals surface area contributed by atoms with E-state index in [4.69, 9.17) is 20.1 Å². The van der Waals surface area contributed by atoms with Crippen LogP contribution in [0.25, 0.3) is 0 Å². The van der Waals surface area contributed by atoms with E-state index >= 15 is 0 Å². The van der Waals surface area contributed by atoms with Crippen LogP contribution in [0.3, 0.4) is 0 Å². The molecule has 0 aromatic heterocycles. The zero-order valence-electron chi connectivity index (χ0n) is 8.56. The Balaban J connectivity index is 3.30. The van der Waals surface area contributed by atoms with Crippen molar-refractivity contribution in [1.82, 2.24) is 4.90 Å². The normalized spacial score (nSPS) is 11.1. The molecule has 0 aromatic rings. The van der Waals surface area contributed by atoms with Gasteiger partial charge in [-0.2, -0.15) is 0 Å². The third kappa shape index (κ3) is 8.40. The van der Waals surface area contributed by atoms with Crippen LogP contribution in [0.4, 0.5) is 0 Å². The topological polar surface area (TPSA) is 73.2 Å². The minimum atomic E-state index is 0.0939. The molecule has 14 heavy (non-hydrogen) atoms. The molecule has 0 aliphatic carbocycles. The van der Waals surface area contributed by atoms with Crippen LogP contribution in [0.1, 0.15) is 6.42 Å². The molecule has 0 unspecified atom stereocenters. The van der Waals surface area contributed by atoms with E-state index in [1.165, 1.54) is 0 Å². The predicted molar refractivity (Wildman–Crippen MR) is 53.1 cm³/mol. The lowest BCUT2D eigenvalue weighted by Gasteiger charge is -2.19. The minimum absolute atomic E-state index is 0.0939. The van der Waals surface area contributed by atoms with Crippen LogP contribution in [0.5, 0.6) is 0 Å². The van der Waals surface area contributed by atoms with E-state index < -0.39 is 0 Å². The maximum atomic E-state index is 8.71. The molecule has 0 saturated heterocycles. The van der Waals surface area contributed by atoms with Gasteiger partial charge in [-0.25, -0.2) is 0 Å². The molecular formula is C9H21NO4. The molecule has 0 aliphatic rings. The zero-order valence-corrected chi connectivity index (χ0v) is 8.56. The summed E-state index contributed by atoms with van der Waals surface area (Å²) in [5.74, 6) is 0. The Morgan fingerprint density at radius 3 is 1.93 bits per heavy atom. The van der Waals surface area contributed by atoms with Crippen LogP contribution < -0.4 is 0 Å². The second-order valence-electron chi connectivity index (χ2n) is 2.98. The van der Waals surface area contributed by atoms with Crippen molar-refractivity contribution in [2.45, 2.75) is 6.42 Å². The summed E-state index contributed by atoms with van der Waals surface area (Å²) < 4.78 is 5.23. The first-order valence-corrected chi connectivity index (χ1v) is 4.97. The summed E-state index contributed by atoms with van der Waals surface area (Å²) in [6.45, 7) is 3.28. The van der Waals surface area contributed by atoms with Crippen molar-refractivity contribution in [3.8, 4) is 0 Å². The van der Waals surface area contributed by atoms with E-state index in [-0.39, 0.29) is 19.8 Å². The van der Waals surface area contributed by atoms with E-state index in [0.717, 1.165) is 0 Å². The van der Waals surface area contributed by atoms with E-state index in [0.29, 0.717) is 39.3 Å². The van der Waals surface area contributed by atoms with Crippen LogP contribution in [0.2, 0.25) is 0 Å². The fourth-order valence-corrected chi connectivity index (χ4v) is 1.08. The molecule has 86 valence electrons. The van der Waals surface area contributed by atoms with Gasteiger partial charge in [0.25, 0.3) is 0 Å². The molecule has 3 N–H and O–H groups in total. The number of rotatable bonds is 10. The van der Waals surface area contributed by atoms with Crippen LogP contribution in [-0.2, 0) is 4.74 Å². The first-order valence-electron chi connectivity index (χ1n) is 4.97. The van der Waals surface area contributed by atoms with Crippen LogP contribution >= 0.6 is 0 Å². The summed E-state index contributed by atoms with van der Waals surface area (Å²) >= 11 is 0. The molecule has 0 heterocycles. The summed E-state index contributed by atoms with van der Waals surface area (Å²) in [7, 11) is 0. The van der Waals surface area contributed by atoms with Gasteiger partial charge in [-0.1, -0.05) is 0 Å². The Hall–Kier alpha value is -0.200. The van der Waals surface area contributed by atoms with Gasteiger partial charge in [-0.3, -0.25) is 4.90 Å². The highest BCUT2D eigenvalue weighted by Gasteiger charge is 2.02. The monoisotopic (exact) mass is 207 g/mol. The molecule has 5 nitrogen and oxygen atoms in total. The SMILES string of the molecule is OCCCOCCN(CCO)CCO. The fourth-order valence-electron chi connectivity index (χ4n) is 1.08. The molecule has 0 bridgehead atoms. The number of aliphatic hydroxyl groups is 3. The molecule has 0 rings (SSSR count). The van der Waals surface area contributed by atoms with E-state index in [1.807, 2.05) is 4.90 Å². The van der Waals surface area contributed by atoms with Gasteiger partial charge < -0.3 is 20.1 Å². The Bertz CT molecular complexity index is 107. The predicted octanol–water partition coefficient (Wildman–Crippen LogP) is -1.33. The van der Waals surface area contributed by atoms with Crippen molar-refractivity contribution >= 4 is 0 Å². The average molecular weight is 207 g/mol. The third-order valence-electron chi connectivity index (χ3n) is 1.83. The summed E-state index contributed by atoms with van der Waals surface area (Å²) in [5.41, 5.74) is 0.